The number of para-hydroxylation sites is 1. The van der Waals surface area contributed by atoms with E-state index in [1.165, 1.54) is 4.90 Å². The van der Waals surface area contributed by atoms with Crippen molar-refractivity contribution in [3.8, 4) is 0 Å². The second kappa shape index (κ2) is 11.2. The lowest BCUT2D eigenvalue weighted by molar-refractivity contribution is -0.145. The lowest BCUT2D eigenvalue weighted by atomic mass is 9.98. The van der Waals surface area contributed by atoms with Crippen molar-refractivity contribution < 1.29 is 28.7 Å². The van der Waals surface area contributed by atoms with Crippen molar-refractivity contribution in [1.29, 1.82) is 0 Å². The number of amides is 3. The molecule has 0 saturated carbocycles. The lowest BCUT2D eigenvalue weighted by Crippen LogP contribution is -2.54. The Bertz CT molecular complexity index is 879. The van der Waals surface area contributed by atoms with Crippen LogP contribution in [0.2, 0.25) is 0 Å². The third kappa shape index (κ3) is 6.94. The van der Waals surface area contributed by atoms with Gasteiger partial charge in [0.05, 0.1) is 13.2 Å². The predicted octanol–water partition coefficient (Wildman–Crippen LogP) is 2.56. The smallest absolute Gasteiger partial charge is 0.408 e. The van der Waals surface area contributed by atoms with E-state index < -0.39 is 41.6 Å². The van der Waals surface area contributed by atoms with Gasteiger partial charge in [-0.2, -0.15) is 0 Å². The van der Waals surface area contributed by atoms with Gasteiger partial charge in [0.25, 0.3) is 0 Å². The molecule has 1 heterocycles. The van der Waals surface area contributed by atoms with Gasteiger partial charge < -0.3 is 20.1 Å². The van der Waals surface area contributed by atoms with Gasteiger partial charge in [0, 0.05) is 12.1 Å². The first-order valence-corrected chi connectivity index (χ1v) is 11.3. The zero-order chi connectivity index (χ0) is 24.8. The van der Waals surface area contributed by atoms with Crippen LogP contribution in [0.15, 0.2) is 24.3 Å². The van der Waals surface area contributed by atoms with Gasteiger partial charge >= 0.3 is 12.1 Å². The maximum atomic E-state index is 13.1. The molecular weight excluding hydrogens is 426 g/mol. The fourth-order valence-electron chi connectivity index (χ4n) is 3.62. The first-order valence-electron chi connectivity index (χ1n) is 11.3. The molecule has 1 aromatic rings. The van der Waals surface area contributed by atoms with Crippen LogP contribution in [0, 0.1) is 5.92 Å². The maximum absolute atomic E-state index is 13.1. The van der Waals surface area contributed by atoms with Gasteiger partial charge in [-0.25, -0.2) is 9.59 Å². The Kier molecular flexibility index (Phi) is 8.84. The minimum absolute atomic E-state index is 0.188. The number of rotatable bonds is 8. The Labute approximate surface area is 195 Å². The van der Waals surface area contributed by atoms with Gasteiger partial charge in [-0.1, -0.05) is 38.5 Å². The van der Waals surface area contributed by atoms with E-state index in [0.29, 0.717) is 18.5 Å². The molecule has 0 aromatic heterocycles. The molecule has 1 aromatic carbocycles. The number of alkyl carbamates (subject to hydrolysis) is 1. The van der Waals surface area contributed by atoms with Crippen LogP contribution in [0.5, 0.6) is 0 Å². The molecule has 0 spiro atoms. The fourth-order valence-corrected chi connectivity index (χ4v) is 3.62. The second-order valence-corrected chi connectivity index (χ2v) is 9.09. The summed E-state index contributed by atoms with van der Waals surface area (Å²) in [5.74, 6) is -1.61. The number of benzene rings is 1. The molecule has 0 aliphatic carbocycles. The summed E-state index contributed by atoms with van der Waals surface area (Å²) in [5.41, 5.74) is 0.779. The molecule has 182 valence electrons. The van der Waals surface area contributed by atoms with E-state index >= 15 is 0 Å². The summed E-state index contributed by atoms with van der Waals surface area (Å²) >= 11 is 0. The van der Waals surface area contributed by atoms with Crippen LogP contribution in [0.1, 0.15) is 53.5 Å². The van der Waals surface area contributed by atoms with E-state index in [4.69, 9.17) is 9.47 Å². The van der Waals surface area contributed by atoms with Crippen molar-refractivity contribution in [3.63, 3.8) is 0 Å². The van der Waals surface area contributed by atoms with Gasteiger partial charge in [0.1, 0.15) is 17.7 Å². The summed E-state index contributed by atoms with van der Waals surface area (Å²) in [7, 11) is 0. The molecule has 9 nitrogen and oxygen atoms in total. The van der Waals surface area contributed by atoms with Crippen molar-refractivity contribution in [2.24, 2.45) is 5.92 Å². The van der Waals surface area contributed by atoms with Crippen LogP contribution < -0.4 is 15.5 Å². The number of carbonyl (C=O) groups excluding carboxylic acids is 4. The Balaban J connectivity index is 2.11. The molecule has 3 atom stereocenters. The van der Waals surface area contributed by atoms with Crippen LogP contribution in [-0.4, -0.2) is 54.7 Å². The fraction of sp³-hybridized carbons (Fsp3) is 0.583. The van der Waals surface area contributed by atoms with E-state index in [1.807, 2.05) is 26.0 Å². The van der Waals surface area contributed by atoms with Crippen molar-refractivity contribution in [2.75, 3.05) is 18.1 Å². The van der Waals surface area contributed by atoms with E-state index in [2.05, 4.69) is 10.6 Å². The highest BCUT2D eigenvalue weighted by molar-refractivity contribution is 6.04. The average Bonchev–Trinajstić information content (AvgIpc) is 3.14. The highest BCUT2D eigenvalue weighted by atomic mass is 16.6. The monoisotopic (exact) mass is 461 g/mol. The zero-order valence-electron chi connectivity index (χ0n) is 20.3. The van der Waals surface area contributed by atoms with Gasteiger partial charge in [-0.3, -0.25) is 14.5 Å². The average molecular weight is 462 g/mol. The van der Waals surface area contributed by atoms with Gasteiger partial charge in [0.2, 0.25) is 11.8 Å². The Hall–Kier alpha value is -3.10. The van der Waals surface area contributed by atoms with Crippen LogP contribution >= 0.6 is 0 Å². The van der Waals surface area contributed by atoms with Crippen molar-refractivity contribution in [1.82, 2.24) is 10.6 Å². The molecular formula is C24H35N3O6. The highest BCUT2D eigenvalue weighted by Crippen LogP contribution is 2.32. The summed E-state index contributed by atoms with van der Waals surface area (Å²) in [6, 6.07) is 5.60. The minimum atomic E-state index is -0.871. The maximum Gasteiger partial charge on any atom is 0.408 e. The number of nitrogens with one attached hydrogen (secondary N) is 2. The first-order chi connectivity index (χ1) is 15.5. The van der Waals surface area contributed by atoms with E-state index in [0.717, 1.165) is 5.56 Å². The summed E-state index contributed by atoms with van der Waals surface area (Å²) < 4.78 is 10.4. The standard InChI is InChI=1S/C24H35N3O6/c1-7-15(3)20(26-23(31)33-24(4,5)6)21(29)25-14-19(28)27-17-12-10-9-11-16(17)13-18(27)22(30)32-8-2/h9-12,15,18,20H,7-8,13-14H2,1-6H3,(H,25,29)(H,26,31)/t15-,18-,20-/m0/s1. The SMILES string of the molecule is CCOC(=O)[C@@H]1Cc2ccccc2N1C(=O)CNC(=O)[C@@H](NC(=O)OC(C)(C)C)[C@@H](C)CC. The number of nitrogens with zero attached hydrogens (tertiary/aromatic N) is 1. The summed E-state index contributed by atoms with van der Waals surface area (Å²) in [6.07, 6.45) is 0.279. The Morgan fingerprint density at radius 2 is 1.82 bits per heavy atom. The normalized spacial score (nSPS) is 16.9. The molecule has 33 heavy (non-hydrogen) atoms. The summed E-state index contributed by atoms with van der Waals surface area (Å²) in [6.45, 7) is 10.5. The van der Waals surface area contributed by atoms with Gasteiger partial charge in [0.15, 0.2) is 0 Å². The Morgan fingerprint density at radius 3 is 2.42 bits per heavy atom. The van der Waals surface area contributed by atoms with Crippen LogP contribution in [0.4, 0.5) is 10.5 Å². The number of ether oxygens (including phenoxy) is 2. The number of anilines is 1. The second-order valence-electron chi connectivity index (χ2n) is 9.09. The molecule has 3 amide bonds. The highest BCUT2D eigenvalue weighted by Gasteiger charge is 2.39. The number of fused-ring (bicyclic) bond motifs is 1. The van der Waals surface area contributed by atoms with E-state index in [9.17, 15) is 19.2 Å². The van der Waals surface area contributed by atoms with Crippen molar-refractivity contribution in [2.45, 2.75) is 72.1 Å². The van der Waals surface area contributed by atoms with Crippen LogP contribution in [-0.2, 0) is 30.3 Å². The molecule has 0 radical (unpaired) electrons. The molecule has 0 bridgehead atoms. The molecule has 0 unspecified atom stereocenters. The van der Waals surface area contributed by atoms with Crippen LogP contribution in [0.3, 0.4) is 0 Å². The molecule has 0 saturated heterocycles. The largest absolute Gasteiger partial charge is 0.464 e. The molecule has 2 N–H and O–H groups in total. The molecule has 1 aliphatic heterocycles. The topological polar surface area (TPSA) is 114 Å². The van der Waals surface area contributed by atoms with Crippen LogP contribution in [0.25, 0.3) is 0 Å². The number of hydrogen-bond acceptors (Lipinski definition) is 6. The number of hydrogen-bond donors (Lipinski definition) is 2. The minimum Gasteiger partial charge on any atom is -0.464 e. The zero-order valence-corrected chi connectivity index (χ0v) is 20.3. The third-order valence-corrected chi connectivity index (χ3v) is 5.38. The first kappa shape index (κ1) is 26.2. The third-order valence-electron chi connectivity index (χ3n) is 5.38. The predicted molar refractivity (Wildman–Crippen MR) is 124 cm³/mol. The van der Waals surface area contributed by atoms with Gasteiger partial charge in [-0.15, -0.1) is 0 Å². The molecule has 1 aliphatic rings. The van der Waals surface area contributed by atoms with E-state index in [-0.39, 0.29) is 19.1 Å². The quantitative estimate of drug-likeness (QED) is 0.575. The molecule has 2 rings (SSSR count). The number of carbonyl (C=O) groups is 4. The van der Waals surface area contributed by atoms with Crippen molar-refractivity contribution in [3.05, 3.63) is 29.8 Å². The molecule has 0 fully saturated rings. The van der Waals surface area contributed by atoms with Crippen molar-refractivity contribution >= 4 is 29.6 Å². The molecule has 9 heteroatoms. The number of esters is 1. The van der Waals surface area contributed by atoms with Gasteiger partial charge in [-0.05, 0) is 45.2 Å². The van der Waals surface area contributed by atoms with E-state index in [1.54, 1.807) is 39.8 Å². The Morgan fingerprint density at radius 1 is 1.15 bits per heavy atom. The lowest BCUT2D eigenvalue weighted by Gasteiger charge is -2.27. The summed E-state index contributed by atoms with van der Waals surface area (Å²) in [5, 5.41) is 5.22. The summed E-state index contributed by atoms with van der Waals surface area (Å²) in [4.78, 5) is 52.1.